The number of nitrogens with zero attached hydrogens (tertiary/aromatic N) is 1. The molecular weight excluding hydrogens is 385 g/mol. The summed E-state index contributed by atoms with van der Waals surface area (Å²) in [5.74, 6) is -1.39. The lowest BCUT2D eigenvalue weighted by molar-refractivity contribution is -0.167. The van der Waals surface area contributed by atoms with Gasteiger partial charge in [0.25, 0.3) is 0 Å². The van der Waals surface area contributed by atoms with E-state index in [1.165, 1.54) is 12.1 Å². The predicted octanol–water partition coefficient (Wildman–Crippen LogP) is 4.55. The molecule has 0 spiro atoms. The van der Waals surface area contributed by atoms with Crippen LogP contribution in [0.3, 0.4) is 0 Å². The van der Waals surface area contributed by atoms with Crippen LogP contribution in [0.25, 0.3) is 22.2 Å². The van der Waals surface area contributed by atoms with Gasteiger partial charge >= 0.3 is 12.1 Å². The van der Waals surface area contributed by atoms with E-state index < -0.39 is 18.2 Å². The Morgan fingerprint density at radius 1 is 1.14 bits per heavy atom. The molecule has 3 rings (SSSR count). The lowest BCUT2D eigenvalue weighted by Crippen LogP contribution is -2.29. The quantitative estimate of drug-likeness (QED) is 0.632. The van der Waals surface area contributed by atoms with Gasteiger partial charge in [-0.15, -0.1) is 0 Å². The minimum absolute atomic E-state index is 0.0490. The number of aromatic nitrogens is 1. The Labute approximate surface area is 165 Å². The fourth-order valence-electron chi connectivity index (χ4n) is 2.59. The summed E-state index contributed by atoms with van der Waals surface area (Å²) in [6.45, 7) is 2.08. The number of nitrogens with one attached hydrogen (secondary N) is 1. The van der Waals surface area contributed by atoms with Crippen LogP contribution in [-0.2, 0) is 4.79 Å². The van der Waals surface area contributed by atoms with Gasteiger partial charge in [-0.3, -0.25) is 4.79 Å². The zero-order chi connectivity index (χ0) is 21.0. The lowest BCUT2D eigenvalue weighted by Gasteiger charge is -2.11. The van der Waals surface area contributed by atoms with Gasteiger partial charge in [0, 0.05) is 16.6 Å². The smallest absolute Gasteiger partial charge is 0.471 e. The summed E-state index contributed by atoms with van der Waals surface area (Å²) in [5.41, 5.74) is 2.11. The van der Waals surface area contributed by atoms with Crippen molar-refractivity contribution in [3.8, 4) is 17.0 Å². The number of benzene rings is 2. The molecule has 152 valence electrons. The number of carbonyl (C=O) groups is 1. The van der Waals surface area contributed by atoms with Crippen LogP contribution in [0.15, 0.2) is 54.6 Å². The zero-order valence-corrected chi connectivity index (χ0v) is 15.5. The molecule has 1 amide bonds. The number of fused-ring (bicyclic) bond motifs is 1. The van der Waals surface area contributed by atoms with Crippen molar-refractivity contribution < 1.29 is 27.8 Å². The first-order valence-corrected chi connectivity index (χ1v) is 8.96. The zero-order valence-electron chi connectivity index (χ0n) is 15.5. The number of hydrogen-bond acceptors (Lipinski definition) is 4. The molecule has 1 aromatic heterocycles. The molecule has 2 aromatic carbocycles. The number of carbonyl (C=O) groups excluding carboxylic acids is 1. The highest BCUT2D eigenvalue weighted by Crippen LogP contribution is 2.26. The van der Waals surface area contributed by atoms with Gasteiger partial charge < -0.3 is 15.2 Å². The van der Waals surface area contributed by atoms with E-state index in [-0.39, 0.29) is 12.3 Å². The molecule has 1 atom stereocenters. The van der Waals surface area contributed by atoms with Gasteiger partial charge in [-0.25, -0.2) is 4.98 Å². The van der Waals surface area contributed by atoms with Crippen molar-refractivity contribution in [3.63, 3.8) is 0 Å². The first-order valence-electron chi connectivity index (χ1n) is 8.96. The molecule has 3 aromatic rings. The molecule has 0 radical (unpaired) electrons. The third kappa shape index (κ3) is 5.23. The third-order valence-corrected chi connectivity index (χ3v) is 4.27. The van der Waals surface area contributed by atoms with E-state index in [4.69, 9.17) is 4.74 Å². The Bertz CT molecular complexity index is 1000. The molecule has 1 heterocycles. The minimum atomic E-state index is -4.93. The number of anilines is 1. The highest BCUT2D eigenvalue weighted by Gasteiger charge is 2.38. The fourth-order valence-corrected chi connectivity index (χ4v) is 2.59. The van der Waals surface area contributed by atoms with Crippen LogP contribution in [0.4, 0.5) is 18.9 Å². The third-order valence-electron chi connectivity index (χ3n) is 4.27. The van der Waals surface area contributed by atoms with Crippen molar-refractivity contribution in [2.45, 2.75) is 25.6 Å². The van der Waals surface area contributed by atoms with E-state index in [0.29, 0.717) is 23.4 Å². The summed E-state index contributed by atoms with van der Waals surface area (Å²) in [7, 11) is 0. The molecule has 0 aliphatic rings. The van der Waals surface area contributed by atoms with Crippen molar-refractivity contribution >= 4 is 22.5 Å². The Hall–Kier alpha value is -3.13. The second kappa shape index (κ2) is 8.48. The number of aliphatic hydroxyl groups excluding tert-OH is 1. The summed E-state index contributed by atoms with van der Waals surface area (Å²) in [6.07, 6.45) is -4.84. The van der Waals surface area contributed by atoms with Crippen LogP contribution in [0.2, 0.25) is 0 Å². The summed E-state index contributed by atoms with van der Waals surface area (Å²) >= 11 is 0. The van der Waals surface area contributed by atoms with E-state index in [9.17, 15) is 23.1 Å². The van der Waals surface area contributed by atoms with Crippen molar-refractivity contribution in [3.05, 3.63) is 54.6 Å². The Morgan fingerprint density at radius 3 is 2.52 bits per heavy atom. The largest absolute Gasteiger partial charge is 0.491 e. The highest BCUT2D eigenvalue weighted by atomic mass is 19.4. The number of alkyl halides is 3. The summed E-state index contributed by atoms with van der Waals surface area (Å²) < 4.78 is 42.5. The topological polar surface area (TPSA) is 71.5 Å². The Balaban J connectivity index is 1.75. The van der Waals surface area contributed by atoms with Gasteiger partial charge in [0.15, 0.2) is 0 Å². The Kier molecular flexibility index (Phi) is 6.03. The van der Waals surface area contributed by atoms with Gasteiger partial charge in [-0.2, -0.15) is 13.2 Å². The van der Waals surface area contributed by atoms with Gasteiger partial charge in [-0.1, -0.05) is 25.1 Å². The maximum Gasteiger partial charge on any atom is 0.471 e. The van der Waals surface area contributed by atoms with Crippen LogP contribution >= 0.6 is 0 Å². The average molecular weight is 404 g/mol. The van der Waals surface area contributed by atoms with Gasteiger partial charge in [0.2, 0.25) is 0 Å². The van der Waals surface area contributed by atoms with Crippen LogP contribution < -0.4 is 10.1 Å². The number of halogens is 3. The molecule has 0 fully saturated rings. The van der Waals surface area contributed by atoms with Crippen LogP contribution in [-0.4, -0.2) is 34.9 Å². The van der Waals surface area contributed by atoms with Gasteiger partial charge in [-0.05, 0) is 42.8 Å². The monoisotopic (exact) mass is 404 g/mol. The van der Waals surface area contributed by atoms with E-state index in [2.05, 4.69) is 4.98 Å². The van der Waals surface area contributed by atoms with E-state index >= 15 is 0 Å². The number of rotatable bonds is 6. The van der Waals surface area contributed by atoms with Crippen molar-refractivity contribution in [2.24, 2.45) is 0 Å². The van der Waals surface area contributed by atoms with Crippen molar-refractivity contribution in [1.29, 1.82) is 0 Å². The molecular formula is C21H19F3N2O3. The molecule has 0 saturated carbocycles. The first kappa shape index (κ1) is 20.6. The van der Waals surface area contributed by atoms with Gasteiger partial charge in [0.1, 0.15) is 12.4 Å². The second-order valence-electron chi connectivity index (χ2n) is 6.45. The van der Waals surface area contributed by atoms with Crippen LogP contribution in [0, 0.1) is 0 Å². The molecule has 1 unspecified atom stereocenters. The molecule has 0 aliphatic heterocycles. The molecule has 0 bridgehead atoms. The summed E-state index contributed by atoms with van der Waals surface area (Å²) in [6, 6.07) is 15.0. The summed E-state index contributed by atoms with van der Waals surface area (Å²) in [5, 5.41) is 12.2. The first-order chi connectivity index (χ1) is 13.8. The average Bonchev–Trinajstić information content (AvgIpc) is 2.71. The fraction of sp³-hybridized carbons (Fsp3) is 0.238. The van der Waals surface area contributed by atoms with Crippen molar-refractivity contribution in [1.82, 2.24) is 4.98 Å². The van der Waals surface area contributed by atoms with E-state index in [1.807, 2.05) is 19.1 Å². The van der Waals surface area contributed by atoms with Gasteiger partial charge in [0.05, 0.1) is 17.3 Å². The SMILES string of the molecule is CCC(O)COc1ccc2nc(-c3ccc(NC(=O)C(F)(F)F)cc3)ccc2c1. The molecule has 5 nitrogen and oxygen atoms in total. The summed E-state index contributed by atoms with van der Waals surface area (Å²) in [4.78, 5) is 15.5. The second-order valence-corrected chi connectivity index (χ2v) is 6.45. The van der Waals surface area contributed by atoms with E-state index in [1.54, 1.807) is 35.6 Å². The number of pyridine rings is 1. The number of aliphatic hydroxyl groups is 1. The number of ether oxygens (including phenoxy) is 1. The molecule has 8 heteroatoms. The lowest BCUT2D eigenvalue weighted by atomic mass is 10.1. The number of hydrogen-bond donors (Lipinski definition) is 2. The maximum atomic E-state index is 12.3. The molecule has 29 heavy (non-hydrogen) atoms. The minimum Gasteiger partial charge on any atom is -0.491 e. The normalized spacial score (nSPS) is 12.6. The van der Waals surface area contributed by atoms with Crippen molar-refractivity contribution in [2.75, 3.05) is 11.9 Å². The standard InChI is InChI=1S/C21H19F3N2O3/c1-2-16(27)12-29-17-8-10-19-14(11-17)5-9-18(26-19)13-3-6-15(7-4-13)25-20(28)21(22,23)24/h3-11,16,27H,2,12H2,1H3,(H,25,28). The van der Waals surface area contributed by atoms with E-state index in [0.717, 1.165) is 10.9 Å². The van der Waals surface area contributed by atoms with Crippen LogP contribution in [0.5, 0.6) is 5.75 Å². The predicted molar refractivity (Wildman–Crippen MR) is 104 cm³/mol. The number of amides is 1. The molecule has 0 saturated heterocycles. The maximum absolute atomic E-state index is 12.3. The molecule has 0 aliphatic carbocycles. The van der Waals surface area contributed by atoms with Crippen LogP contribution in [0.1, 0.15) is 13.3 Å². The highest BCUT2D eigenvalue weighted by molar-refractivity contribution is 5.95. The Morgan fingerprint density at radius 2 is 1.86 bits per heavy atom. The molecule has 2 N–H and O–H groups in total.